The fourth-order valence-electron chi connectivity index (χ4n) is 3.06. The molecule has 0 fully saturated rings. The second-order valence-electron chi connectivity index (χ2n) is 7.00. The minimum atomic E-state index is -4.97. The molecule has 2 aromatic heterocycles. The average molecular weight is 521 g/mol. The predicted octanol–water partition coefficient (Wildman–Crippen LogP) is 6.43. The van der Waals surface area contributed by atoms with Crippen LogP contribution in [0.15, 0.2) is 47.6 Å². The number of thioether (sulfide) groups is 1. The number of aromatic nitrogens is 4. The van der Waals surface area contributed by atoms with Crippen molar-refractivity contribution in [3.05, 3.63) is 70.0 Å². The summed E-state index contributed by atoms with van der Waals surface area (Å²) in [7, 11) is 0. The third kappa shape index (κ3) is 4.85. The zero-order valence-electron chi connectivity index (χ0n) is 16.5. The highest BCUT2D eigenvalue weighted by Crippen LogP contribution is 2.40. The van der Waals surface area contributed by atoms with Crippen LogP contribution in [0.5, 0.6) is 0 Å². The first-order valence-corrected chi connectivity index (χ1v) is 10.6. The lowest BCUT2D eigenvalue weighted by Crippen LogP contribution is -2.13. The van der Waals surface area contributed by atoms with Crippen LogP contribution in [0.1, 0.15) is 27.0 Å². The van der Waals surface area contributed by atoms with E-state index >= 15 is 0 Å². The topological polar surface area (TPSA) is 83.8 Å². The largest absolute Gasteiger partial charge is 0.478 e. The number of fused-ring (bicyclic) bond motifs is 1. The Morgan fingerprint density at radius 1 is 1.12 bits per heavy atom. The van der Waals surface area contributed by atoms with Crippen molar-refractivity contribution in [1.29, 1.82) is 0 Å². The molecule has 0 unspecified atom stereocenters. The van der Waals surface area contributed by atoms with Gasteiger partial charge in [0.25, 0.3) is 0 Å². The van der Waals surface area contributed by atoms with E-state index in [-0.39, 0.29) is 33.9 Å². The zero-order chi connectivity index (χ0) is 24.8. The molecule has 0 aliphatic rings. The van der Waals surface area contributed by atoms with E-state index in [0.29, 0.717) is 22.0 Å². The van der Waals surface area contributed by atoms with Crippen molar-refractivity contribution < 1.29 is 36.2 Å². The number of benzene rings is 2. The Bertz CT molecular complexity index is 1400. The Morgan fingerprint density at radius 2 is 1.85 bits per heavy atom. The Morgan fingerprint density at radius 3 is 2.47 bits per heavy atom. The highest BCUT2D eigenvalue weighted by Gasteiger charge is 2.38. The number of H-pyrrole nitrogens is 1. The number of hydrogen-bond donors (Lipinski definition) is 2. The lowest BCUT2D eigenvalue weighted by Gasteiger charge is -2.16. The van der Waals surface area contributed by atoms with Gasteiger partial charge in [-0.1, -0.05) is 17.7 Å². The Hall–Kier alpha value is -3.19. The van der Waals surface area contributed by atoms with Gasteiger partial charge in [-0.15, -0.1) is 11.8 Å². The number of rotatable bonds is 5. The summed E-state index contributed by atoms with van der Waals surface area (Å²) in [6.45, 7) is 0. The first kappa shape index (κ1) is 24.0. The van der Waals surface area contributed by atoms with E-state index in [1.165, 1.54) is 23.0 Å². The Labute approximate surface area is 195 Å². The van der Waals surface area contributed by atoms with Crippen LogP contribution in [0.3, 0.4) is 0 Å². The first-order chi connectivity index (χ1) is 15.8. The standard InChI is InChI=1S/C20H11ClF6N4O2S/c21-13-4-14-15(30-18(29-14)31-7-10(6-28-31)17(32)33)5-16(13)34-8-9-1-2-11(19(22,23)24)3-12(9)20(25,26)27/h1-7H,8H2,(H,29,30)(H,32,33). The minimum absolute atomic E-state index is 0.0632. The van der Waals surface area contributed by atoms with Gasteiger partial charge in [-0.3, -0.25) is 0 Å². The number of carboxylic acid groups (broad SMARTS) is 1. The third-order valence-electron chi connectivity index (χ3n) is 4.70. The number of aromatic carboxylic acids is 1. The monoisotopic (exact) mass is 520 g/mol. The van der Waals surface area contributed by atoms with Crippen LogP contribution in [-0.2, 0) is 18.1 Å². The number of nitrogens with one attached hydrogen (secondary N) is 1. The summed E-state index contributed by atoms with van der Waals surface area (Å²) in [5.74, 6) is -1.29. The smallest absolute Gasteiger partial charge is 0.416 e. The maximum absolute atomic E-state index is 13.4. The molecule has 34 heavy (non-hydrogen) atoms. The average Bonchev–Trinajstić information content (AvgIpc) is 3.37. The highest BCUT2D eigenvalue weighted by molar-refractivity contribution is 7.98. The van der Waals surface area contributed by atoms with E-state index in [9.17, 15) is 31.1 Å². The van der Waals surface area contributed by atoms with Gasteiger partial charge >= 0.3 is 18.3 Å². The fourth-order valence-corrected chi connectivity index (χ4v) is 4.35. The van der Waals surface area contributed by atoms with Gasteiger partial charge in [-0.05, 0) is 29.8 Å². The quantitative estimate of drug-likeness (QED) is 0.234. The summed E-state index contributed by atoms with van der Waals surface area (Å²) in [6.07, 6.45) is -7.51. The molecule has 0 atom stereocenters. The molecule has 0 aliphatic carbocycles. The lowest BCUT2D eigenvalue weighted by molar-refractivity contribution is -0.143. The summed E-state index contributed by atoms with van der Waals surface area (Å²) < 4.78 is 80.0. The summed E-state index contributed by atoms with van der Waals surface area (Å²) in [5, 5.41) is 13.1. The molecule has 0 radical (unpaired) electrons. The molecule has 14 heteroatoms. The van der Waals surface area contributed by atoms with Gasteiger partial charge in [0, 0.05) is 16.8 Å². The van der Waals surface area contributed by atoms with Gasteiger partial charge in [0.2, 0.25) is 5.95 Å². The van der Waals surface area contributed by atoms with E-state index in [1.807, 2.05) is 0 Å². The lowest BCUT2D eigenvalue weighted by atomic mass is 10.0. The molecule has 4 rings (SSSR count). The molecule has 2 heterocycles. The number of halogens is 7. The number of carbonyl (C=O) groups is 1. The molecule has 2 aromatic carbocycles. The number of hydrogen-bond acceptors (Lipinski definition) is 4. The normalized spacial score (nSPS) is 12.4. The van der Waals surface area contributed by atoms with Gasteiger partial charge in [-0.2, -0.15) is 31.4 Å². The molecule has 0 spiro atoms. The van der Waals surface area contributed by atoms with Crippen molar-refractivity contribution in [1.82, 2.24) is 19.7 Å². The molecule has 0 amide bonds. The fraction of sp³-hybridized carbons (Fsp3) is 0.150. The number of alkyl halides is 6. The van der Waals surface area contributed by atoms with Gasteiger partial charge in [-0.25, -0.2) is 14.5 Å². The summed E-state index contributed by atoms with van der Waals surface area (Å²) >= 11 is 7.15. The summed E-state index contributed by atoms with van der Waals surface area (Å²) in [4.78, 5) is 18.6. The van der Waals surface area contributed by atoms with E-state index < -0.39 is 29.4 Å². The molecular formula is C20H11ClF6N4O2S. The maximum Gasteiger partial charge on any atom is 0.416 e. The van der Waals surface area contributed by atoms with Gasteiger partial charge in [0.1, 0.15) is 0 Å². The van der Waals surface area contributed by atoms with Crippen LogP contribution in [0.4, 0.5) is 26.3 Å². The number of imidazole rings is 1. The van der Waals surface area contributed by atoms with Crippen LogP contribution in [0, 0.1) is 0 Å². The molecular weight excluding hydrogens is 510 g/mol. The van der Waals surface area contributed by atoms with Crippen molar-refractivity contribution in [2.75, 3.05) is 0 Å². The molecule has 4 aromatic rings. The molecule has 178 valence electrons. The molecule has 0 saturated heterocycles. The first-order valence-electron chi connectivity index (χ1n) is 9.20. The zero-order valence-corrected chi connectivity index (χ0v) is 18.1. The Kier molecular flexibility index (Phi) is 6.02. The number of nitrogens with zero attached hydrogens (tertiary/aromatic N) is 3. The van der Waals surface area contributed by atoms with Crippen LogP contribution in [0.2, 0.25) is 5.02 Å². The highest BCUT2D eigenvalue weighted by atomic mass is 35.5. The van der Waals surface area contributed by atoms with Crippen molar-refractivity contribution in [2.45, 2.75) is 23.0 Å². The molecule has 0 bridgehead atoms. The van der Waals surface area contributed by atoms with E-state index in [1.54, 1.807) is 0 Å². The maximum atomic E-state index is 13.4. The van der Waals surface area contributed by atoms with E-state index in [2.05, 4.69) is 15.1 Å². The number of aromatic amines is 1. The second kappa shape index (κ2) is 8.55. The van der Waals surface area contributed by atoms with Crippen molar-refractivity contribution >= 4 is 40.4 Å². The van der Waals surface area contributed by atoms with E-state index in [0.717, 1.165) is 24.0 Å². The van der Waals surface area contributed by atoms with Crippen molar-refractivity contribution in [3.8, 4) is 5.95 Å². The minimum Gasteiger partial charge on any atom is -0.478 e. The molecule has 0 aliphatic heterocycles. The SMILES string of the molecule is O=C(O)c1cnn(-c2nc3cc(SCc4ccc(C(F)(F)F)cc4C(F)(F)F)c(Cl)cc3[nH]2)c1. The number of carboxylic acids is 1. The molecule has 6 nitrogen and oxygen atoms in total. The van der Waals surface area contributed by atoms with Crippen molar-refractivity contribution in [2.24, 2.45) is 0 Å². The van der Waals surface area contributed by atoms with Gasteiger partial charge in [0.05, 0.1) is 38.9 Å². The van der Waals surface area contributed by atoms with Crippen LogP contribution < -0.4 is 0 Å². The van der Waals surface area contributed by atoms with Crippen LogP contribution >= 0.6 is 23.4 Å². The van der Waals surface area contributed by atoms with Gasteiger partial charge < -0.3 is 10.1 Å². The van der Waals surface area contributed by atoms with Gasteiger partial charge in [0.15, 0.2) is 0 Å². The predicted molar refractivity (Wildman–Crippen MR) is 111 cm³/mol. The van der Waals surface area contributed by atoms with Crippen LogP contribution in [0.25, 0.3) is 17.0 Å². The van der Waals surface area contributed by atoms with Crippen LogP contribution in [-0.4, -0.2) is 30.8 Å². The van der Waals surface area contributed by atoms with E-state index in [4.69, 9.17) is 16.7 Å². The second-order valence-corrected chi connectivity index (χ2v) is 8.42. The molecule has 2 N–H and O–H groups in total. The summed E-state index contributed by atoms with van der Waals surface area (Å²) in [6, 6.07) is 4.48. The van der Waals surface area contributed by atoms with Crippen molar-refractivity contribution in [3.63, 3.8) is 0 Å². The summed E-state index contributed by atoms with van der Waals surface area (Å²) in [5.41, 5.74) is -2.32. The Balaban J connectivity index is 1.62. The third-order valence-corrected chi connectivity index (χ3v) is 6.22. The molecule has 0 saturated carbocycles.